The van der Waals surface area contributed by atoms with Crippen LogP contribution in [0.15, 0.2) is 0 Å². The predicted molar refractivity (Wildman–Crippen MR) is 130 cm³/mol. The lowest BCUT2D eigenvalue weighted by Crippen LogP contribution is -2.86. The molecule has 0 aromatic heterocycles. The van der Waals surface area contributed by atoms with Gasteiger partial charge in [-0.15, -0.1) is 0 Å². The molecule has 0 radical (unpaired) electrons. The normalized spacial score (nSPS) is 58.9. The Labute approximate surface area is 213 Å². The molecule has 0 aromatic carbocycles. The summed E-state index contributed by atoms with van der Waals surface area (Å²) in [6.07, 6.45) is 0.790. The van der Waals surface area contributed by atoms with Gasteiger partial charge in [0.25, 0.3) is 0 Å². The Morgan fingerprint density at radius 1 is 0.543 bits per heavy atom. The van der Waals surface area contributed by atoms with Crippen LogP contribution in [0.4, 0.5) is 0 Å². The van der Waals surface area contributed by atoms with Gasteiger partial charge in [-0.2, -0.15) is 0 Å². The zero-order valence-corrected chi connectivity index (χ0v) is 28.8. The van der Waals surface area contributed by atoms with E-state index < -0.39 is 70.4 Å². The molecule has 35 heavy (non-hydrogen) atoms. The van der Waals surface area contributed by atoms with E-state index in [1.165, 1.54) is 0 Å². The fourth-order valence-electron chi connectivity index (χ4n) is 5.30. The first kappa shape index (κ1) is 26.4. The summed E-state index contributed by atoms with van der Waals surface area (Å²) in [5, 5.41) is 0. The summed E-state index contributed by atoms with van der Waals surface area (Å²) in [5.74, 6) is 0. The van der Waals surface area contributed by atoms with E-state index in [1.54, 1.807) is 45.8 Å². The van der Waals surface area contributed by atoms with Crippen LogP contribution in [0.2, 0.25) is 51.9 Å². The molecule has 7 saturated heterocycles. The van der Waals surface area contributed by atoms with E-state index in [9.17, 15) is 0 Å². The maximum absolute atomic E-state index is 6.75. The quantitative estimate of drug-likeness (QED) is 0.233. The summed E-state index contributed by atoms with van der Waals surface area (Å²) < 4.78 is 90.2. The van der Waals surface area contributed by atoms with Crippen LogP contribution in [0.25, 0.3) is 0 Å². The fraction of sp³-hybridized carbons (Fsp3) is 1.00. The molecule has 7 fully saturated rings. The molecule has 1 atom stereocenters. The number of hydrogen-bond acceptors (Lipinski definition) is 14. The highest BCUT2D eigenvalue weighted by Crippen LogP contribution is 2.48. The maximum Gasteiger partial charge on any atom is 0.478 e. The van der Waals surface area contributed by atoms with E-state index in [-0.39, 0.29) is 6.10 Å². The highest BCUT2D eigenvalue weighted by molar-refractivity contribution is 7.02. The zero-order valence-electron chi connectivity index (χ0n) is 20.8. The molecule has 0 N–H and O–H groups in total. The van der Waals surface area contributed by atoms with Crippen LogP contribution >= 0.6 is 0 Å². The van der Waals surface area contributed by atoms with Gasteiger partial charge in [0.15, 0.2) is 0 Å². The van der Waals surface area contributed by atoms with Crippen LogP contribution in [-0.4, -0.2) is 96.4 Å². The Balaban J connectivity index is 1.42. The standard InChI is InChI=1S/C13H32O14Si8/c1-28-16-29(2)19-32(5)21-30(3,17-28)23-34(7)24-31(4,18-28)22-33(6,20-29)26-35(25-32,27-34)10-8-9-14-11-13-12-15-13/h13H,8-12H2,1-7H3. The van der Waals surface area contributed by atoms with E-state index in [0.29, 0.717) is 25.7 Å². The molecule has 8 bridgehead atoms. The Kier molecular flexibility index (Phi) is 6.12. The summed E-state index contributed by atoms with van der Waals surface area (Å²) in [5.41, 5.74) is 0. The number of ether oxygens (including phenoxy) is 2. The lowest BCUT2D eigenvalue weighted by atomic mass is 10.5. The van der Waals surface area contributed by atoms with Crippen molar-refractivity contribution in [2.75, 3.05) is 19.8 Å². The molecule has 7 rings (SSSR count). The molecule has 0 saturated carbocycles. The summed E-state index contributed by atoms with van der Waals surface area (Å²) in [6.45, 7) is 14.1. The van der Waals surface area contributed by atoms with Crippen molar-refractivity contribution < 1.29 is 58.9 Å². The van der Waals surface area contributed by atoms with Gasteiger partial charge in [0.05, 0.1) is 13.2 Å². The highest BCUT2D eigenvalue weighted by Gasteiger charge is 2.78. The monoisotopic (exact) mass is 636 g/mol. The first-order valence-corrected chi connectivity index (χ1v) is 29.2. The van der Waals surface area contributed by atoms with Gasteiger partial charge in [0.1, 0.15) is 6.10 Å². The minimum atomic E-state index is -3.61. The van der Waals surface area contributed by atoms with E-state index in [4.69, 9.17) is 58.9 Å². The van der Waals surface area contributed by atoms with Crippen LogP contribution in [0.1, 0.15) is 6.42 Å². The van der Waals surface area contributed by atoms with Crippen LogP contribution in [-0.2, 0) is 58.9 Å². The van der Waals surface area contributed by atoms with Gasteiger partial charge in [-0.1, -0.05) is 0 Å². The maximum atomic E-state index is 6.75. The second-order valence-electron chi connectivity index (χ2n) is 10.1. The Bertz CT molecular complexity index is 783. The van der Waals surface area contributed by atoms with Gasteiger partial charge in [0.2, 0.25) is 0 Å². The van der Waals surface area contributed by atoms with Crippen molar-refractivity contribution in [3.63, 3.8) is 0 Å². The summed E-state index contributed by atoms with van der Waals surface area (Å²) in [7, 11) is -28.1. The molecule has 0 amide bonds. The van der Waals surface area contributed by atoms with Crippen molar-refractivity contribution in [1.82, 2.24) is 0 Å². The molecule has 0 aliphatic carbocycles. The molecule has 22 heteroatoms. The first-order chi connectivity index (χ1) is 16.1. The molecular formula is C13H32O14Si8. The summed E-state index contributed by atoms with van der Waals surface area (Å²) in [6, 6.07) is 0.405. The molecular weight excluding hydrogens is 605 g/mol. The van der Waals surface area contributed by atoms with Gasteiger partial charge in [-0.05, 0) is 6.42 Å². The Hall–Kier alpha value is 1.18. The van der Waals surface area contributed by atoms with E-state index >= 15 is 0 Å². The third-order valence-electron chi connectivity index (χ3n) is 5.84. The lowest BCUT2D eigenvalue weighted by Gasteiger charge is -2.60. The van der Waals surface area contributed by atoms with Gasteiger partial charge < -0.3 is 58.9 Å². The molecule has 7 aliphatic rings. The summed E-state index contributed by atoms with van der Waals surface area (Å²) in [4.78, 5) is 0. The largest absolute Gasteiger partial charge is 0.478 e. The van der Waals surface area contributed by atoms with Crippen molar-refractivity contribution in [2.45, 2.75) is 64.4 Å². The van der Waals surface area contributed by atoms with Gasteiger partial charge in [-0.3, -0.25) is 0 Å². The number of epoxide rings is 1. The Morgan fingerprint density at radius 3 is 1.17 bits per heavy atom. The second kappa shape index (κ2) is 8.11. The third kappa shape index (κ3) is 5.34. The highest BCUT2D eigenvalue weighted by atomic mass is 28.6. The van der Waals surface area contributed by atoms with E-state index in [2.05, 4.69) is 0 Å². The van der Waals surface area contributed by atoms with Crippen molar-refractivity contribution in [1.29, 1.82) is 0 Å². The van der Waals surface area contributed by atoms with Crippen molar-refractivity contribution in [2.24, 2.45) is 0 Å². The minimum Gasteiger partial charge on any atom is -0.379 e. The van der Waals surface area contributed by atoms with Crippen LogP contribution in [0.5, 0.6) is 0 Å². The van der Waals surface area contributed by atoms with E-state index in [0.717, 1.165) is 6.61 Å². The van der Waals surface area contributed by atoms with Crippen molar-refractivity contribution in [3.8, 4) is 0 Å². The molecule has 1 unspecified atom stereocenters. The number of rotatable bonds is 6. The van der Waals surface area contributed by atoms with Gasteiger partial charge in [0, 0.05) is 58.5 Å². The third-order valence-corrected chi connectivity index (χ3v) is 41.7. The molecule has 14 nitrogen and oxygen atoms in total. The van der Waals surface area contributed by atoms with Gasteiger partial charge >= 0.3 is 70.4 Å². The second-order valence-corrected chi connectivity index (χ2v) is 33.8. The average molecular weight is 637 g/mol. The van der Waals surface area contributed by atoms with Crippen LogP contribution < -0.4 is 0 Å². The molecule has 0 spiro atoms. The predicted octanol–water partition coefficient (Wildman–Crippen LogP) is 0.979. The Morgan fingerprint density at radius 2 is 0.857 bits per heavy atom. The smallest absolute Gasteiger partial charge is 0.379 e. The van der Waals surface area contributed by atoms with Crippen molar-refractivity contribution in [3.05, 3.63) is 0 Å². The van der Waals surface area contributed by atoms with Crippen LogP contribution in [0.3, 0.4) is 0 Å². The van der Waals surface area contributed by atoms with Crippen LogP contribution in [0, 0.1) is 0 Å². The SMILES string of the molecule is C[Si]12O[Si]3(C)O[Si]4(C)O[Si](C)(O1)O[Si]1(C)O[Si](C)(O2)O[Si](C)(O3)O[Si](CCCOCC2CO2)(O4)O1. The van der Waals surface area contributed by atoms with Gasteiger partial charge in [-0.25, -0.2) is 0 Å². The molecule has 200 valence electrons. The number of hydrogen-bond donors (Lipinski definition) is 0. The fourth-order valence-corrected chi connectivity index (χ4v) is 51.1. The topological polar surface area (TPSA) is 133 Å². The average Bonchev–Trinajstić information content (AvgIpc) is 3.36. The molecule has 7 heterocycles. The minimum absolute atomic E-state index is 0.188. The zero-order chi connectivity index (χ0) is 25.0. The molecule has 0 aromatic rings. The molecule has 7 aliphatic heterocycles. The first-order valence-electron chi connectivity index (χ1n) is 11.7. The summed E-state index contributed by atoms with van der Waals surface area (Å²) >= 11 is 0. The van der Waals surface area contributed by atoms with E-state index in [1.807, 2.05) is 0 Å². The lowest BCUT2D eigenvalue weighted by molar-refractivity contribution is -0.0197. The van der Waals surface area contributed by atoms with Crippen molar-refractivity contribution >= 4 is 70.4 Å².